The quantitative estimate of drug-likeness (QED) is 0.819. The fraction of sp³-hybridized carbons (Fsp3) is 0.455. The zero-order valence-corrected chi connectivity index (χ0v) is 10.5. The van der Waals surface area contributed by atoms with E-state index in [0.717, 1.165) is 0 Å². The molecule has 0 radical (unpaired) electrons. The van der Waals surface area contributed by atoms with Crippen molar-refractivity contribution in [1.82, 2.24) is 0 Å². The molecular weight excluding hydrogens is 226 g/mol. The van der Waals surface area contributed by atoms with Gasteiger partial charge in [-0.2, -0.15) is 0 Å². The van der Waals surface area contributed by atoms with Gasteiger partial charge in [-0.05, 0) is 26.0 Å². The minimum Gasteiger partial charge on any atom is -0.491 e. The van der Waals surface area contributed by atoms with Crippen LogP contribution in [0.1, 0.15) is 20.8 Å². The molecule has 1 aromatic rings. The number of benzene rings is 1. The van der Waals surface area contributed by atoms with E-state index in [1.54, 1.807) is 13.0 Å². The highest BCUT2D eigenvalue weighted by Crippen LogP contribution is 2.23. The Labute approximate surface area is 96.3 Å². The Morgan fingerprint density at radius 2 is 1.94 bits per heavy atom. The van der Waals surface area contributed by atoms with Gasteiger partial charge in [-0.1, -0.05) is 6.92 Å². The van der Waals surface area contributed by atoms with Crippen molar-refractivity contribution in [1.29, 1.82) is 0 Å². The first-order valence-electron chi connectivity index (χ1n) is 5.15. The summed E-state index contributed by atoms with van der Waals surface area (Å²) in [6, 6.07) is 4.58. The molecule has 0 spiro atoms. The van der Waals surface area contributed by atoms with E-state index in [2.05, 4.69) is 0 Å². The van der Waals surface area contributed by atoms with Crippen LogP contribution in [-0.4, -0.2) is 20.3 Å². The van der Waals surface area contributed by atoms with Crippen LogP contribution in [0.25, 0.3) is 0 Å². The molecule has 0 saturated carbocycles. The van der Waals surface area contributed by atoms with E-state index >= 15 is 0 Å². The van der Waals surface area contributed by atoms with Crippen molar-refractivity contribution >= 4 is 15.5 Å². The van der Waals surface area contributed by atoms with Crippen LogP contribution < -0.4 is 10.5 Å². The van der Waals surface area contributed by atoms with E-state index in [-0.39, 0.29) is 16.8 Å². The van der Waals surface area contributed by atoms with Crippen LogP contribution in [0.3, 0.4) is 0 Å². The van der Waals surface area contributed by atoms with Gasteiger partial charge in [0.2, 0.25) is 0 Å². The maximum Gasteiger partial charge on any atom is 0.178 e. The highest BCUT2D eigenvalue weighted by atomic mass is 32.2. The van der Waals surface area contributed by atoms with Crippen molar-refractivity contribution < 1.29 is 13.2 Å². The van der Waals surface area contributed by atoms with Crippen LogP contribution in [0.4, 0.5) is 5.69 Å². The van der Waals surface area contributed by atoms with Gasteiger partial charge in [0.15, 0.2) is 9.84 Å². The summed E-state index contributed by atoms with van der Waals surface area (Å²) >= 11 is 0. The minimum absolute atomic E-state index is 0.0148. The van der Waals surface area contributed by atoms with Crippen LogP contribution in [0.5, 0.6) is 5.75 Å². The molecule has 0 atom stereocenters. The van der Waals surface area contributed by atoms with Gasteiger partial charge < -0.3 is 10.5 Å². The van der Waals surface area contributed by atoms with E-state index in [9.17, 15) is 8.42 Å². The largest absolute Gasteiger partial charge is 0.491 e. The molecule has 0 amide bonds. The molecule has 5 heteroatoms. The number of hydrogen-bond acceptors (Lipinski definition) is 4. The number of rotatable bonds is 4. The van der Waals surface area contributed by atoms with Crippen molar-refractivity contribution in [2.75, 3.05) is 11.5 Å². The van der Waals surface area contributed by atoms with Gasteiger partial charge in [-0.3, -0.25) is 0 Å². The van der Waals surface area contributed by atoms with Gasteiger partial charge in [-0.15, -0.1) is 0 Å². The predicted octanol–water partition coefficient (Wildman–Crippen LogP) is 1.85. The molecule has 0 aromatic heterocycles. The lowest BCUT2D eigenvalue weighted by Gasteiger charge is -2.12. The third kappa shape index (κ3) is 3.13. The maximum atomic E-state index is 11.7. The highest BCUT2D eigenvalue weighted by molar-refractivity contribution is 7.91. The van der Waals surface area contributed by atoms with Crippen LogP contribution in [0.15, 0.2) is 23.1 Å². The van der Waals surface area contributed by atoms with Crippen molar-refractivity contribution in [2.45, 2.75) is 31.8 Å². The summed E-state index contributed by atoms with van der Waals surface area (Å²) in [5, 5.41) is 0. The second kappa shape index (κ2) is 4.74. The van der Waals surface area contributed by atoms with E-state index in [0.29, 0.717) is 11.4 Å². The van der Waals surface area contributed by atoms with E-state index in [4.69, 9.17) is 10.5 Å². The lowest BCUT2D eigenvalue weighted by molar-refractivity contribution is 0.242. The van der Waals surface area contributed by atoms with Gasteiger partial charge in [0.1, 0.15) is 5.75 Å². The SMILES string of the molecule is CCS(=O)(=O)c1cc(N)cc(OC(C)C)c1. The third-order valence-corrected chi connectivity index (χ3v) is 3.73. The molecule has 0 bridgehead atoms. The number of nitrogen functional groups attached to an aromatic ring is 1. The third-order valence-electron chi connectivity index (χ3n) is 2.01. The minimum atomic E-state index is -3.24. The molecule has 90 valence electrons. The first-order valence-corrected chi connectivity index (χ1v) is 6.80. The molecule has 0 aliphatic rings. The van der Waals surface area contributed by atoms with Gasteiger partial charge in [0.25, 0.3) is 0 Å². The second-order valence-electron chi connectivity index (χ2n) is 3.81. The van der Waals surface area contributed by atoms with Crippen LogP contribution in [-0.2, 0) is 9.84 Å². The van der Waals surface area contributed by atoms with Gasteiger partial charge >= 0.3 is 0 Å². The number of hydrogen-bond donors (Lipinski definition) is 1. The van der Waals surface area contributed by atoms with E-state index in [1.165, 1.54) is 12.1 Å². The molecule has 0 fully saturated rings. The van der Waals surface area contributed by atoms with Crippen molar-refractivity contribution in [2.24, 2.45) is 0 Å². The summed E-state index contributed by atoms with van der Waals surface area (Å²) in [5.74, 6) is 0.541. The first-order chi connectivity index (χ1) is 7.35. The second-order valence-corrected chi connectivity index (χ2v) is 6.09. The number of ether oxygens (including phenoxy) is 1. The lowest BCUT2D eigenvalue weighted by atomic mass is 10.3. The maximum absolute atomic E-state index is 11.7. The summed E-state index contributed by atoms with van der Waals surface area (Å²) in [4.78, 5) is 0.214. The first kappa shape index (κ1) is 12.8. The topological polar surface area (TPSA) is 69.4 Å². The van der Waals surface area contributed by atoms with Crippen molar-refractivity contribution in [3.63, 3.8) is 0 Å². The molecule has 0 aliphatic carbocycles. The van der Waals surface area contributed by atoms with Gasteiger partial charge in [-0.25, -0.2) is 8.42 Å². The summed E-state index contributed by atoms with van der Waals surface area (Å²) in [6.07, 6.45) is -0.0148. The summed E-state index contributed by atoms with van der Waals surface area (Å²) in [5.41, 5.74) is 6.04. The van der Waals surface area contributed by atoms with E-state index in [1.807, 2.05) is 13.8 Å². The fourth-order valence-corrected chi connectivity index (χ4v) is 2.22. The molecule has 2 N–H and O–H groups in total. The summed E-state index contributed by atoms with van der Waals surface area (Å²) < 4.78 is 28.8. The molecule has 0 unspecified atom stereocenters. The van der Waals surface area contributed by atoms with Gasteiger partial charge in [0, 0.05) is 11.8 Å². The standard InChI is InChI=1S/C11H17NO3S/c1-4-16(13,14)11-6-9(12)5-10(7-11)15-8(2)3/h5-8H,4,12H2,1-3H3. The number of anilines is 1. The van der Waals surface area contributed by atoms with Crippen molar-refractivity contribution in [3.8, 4) is 5.75 Å². The van der Waals surface area contributed by atoms with Gasteiger partial charge in [0.05, 0.1) is 16.8 Å². The highest BCUT2D eigenvalue weighted by Gasteiger charge is 2.14. The van der Waals surface area contributed by atoms with Crippen molar-refractivity contribution in [3.05, 3.63) is 18.2 Å². The average Bonchev–Trinajstić information content (AvgIpc) is 2.15. The molecule has 0 saturated heterocycles. The molecular formula is C11H17NO3S. The number of nitrogens with two attached hydrogens (primary N) is 1. The Hall–Kier alpha value is -1.23. The molecule has 0 aliphatic heterocycles. The predicted molar refractivity (Wildman–Crippen MR) is 64.3 cm³/mol. The van der Waals surface area contributed by atoms with Crippen LogP contribution in [0, 0.1) is 0 Å². The normalized spacial score (nSPS) is 11.8. The smallest absolute Gasteiger partial charge is 0.178 e. The zero-order valence-electron chi connectivity index (χ0n) is 9.73. The van der Waals surface area contributed by atoms with Crippen LogP contribution in [0.2, 0.25) is 0 Å². The molecule has 1 rings (SSSR count). The Balaban J connectivity index is 3.18. The Morgan fingerprint density at radius 3 is 2.44 bits per heavy atom. The Kier molecular flexibility index (Phi) is 3.80. The summed E-state index contributed by atoms with van der Waals surface area (Å²) in [6.45, 7) is 5.34. The Morgan fingerprint density at radius 1 is 1.31 bits per heavy atom. The monoisotopic (exact) mass is 243 g/mol. The molecule has 4 nitrogen and oxygen atoms in total. The summed E-state index contributed by atoms with van der Waals surface area (Å²) in [7, 11) is -3.24. The zero-order chi connectivity index (χ0) is 12.3. The fourth-order valence-electron chi connectivity index (χ4n) is 1.28. The molecule has 0 heterocycles. The molecule has 16 heavy (non-hydrogen) atoms. The average molecular weight is 243 g/mol. The Bertz CT molecular complexity index is 466. The molecule has 1 aromatic carbocycles. The van der Waals surface area contributed by atoms with Crippen LogP contribution >= 0.6 is 0 Å². The lowest BCUT2D eigenvalue weighted by Crippen LogP contribution is -2.08. The van der Waals surface area contributed by atoms with E-state index < -0.39 is 9.84 Å². The number of sulfone groups is 1.